The summed E-state index contributed by atoms with van der Waals surface area (Å²) in [4.78, 5) is 1.20. The van der Waals surface area contributed by atoms with E-state index >= 15 is 0 Å². The van der Waals surface area contributed by atoms with Gasteiger partial charge in [0.2, 0.25) is 0 Å². The van der Waals surface area contributed by atoms with Crippen LogP contribution in [0.1, 0.15) is 29.9 Å². The van der Waals surface area contributed by atoms with Crippen molar-refractivity contribution >= 4 is 11.3 Å². The number of aliphatic hydroxyl groups excluding tert-OH is 1. The van der Waals surface area contributed by atoms with E-state index in [2.05, 4.69) is 6.92 Å². The summed E-state index contributed by atoms with van der Waals surface area (Å²) in [6, 6.07) is 11.8. The minimum atomic E-state index is -0.464. The Hall–Kier alpha value is -1.32. The average Bonchev–Trinajstić information content (AvgIpc) is 2.89. The highest BCUT2D eigenvalue weighted by Gasteiger charge is 2.10. The molecule has 2 nitrogen and oxygen atoms in total. The van der Waals surface area contributed by atoms with Gasteiger partial charge >= 0.3 is 0 Å². The van der Waals surface area contributed by atoms with Gasteiger partial charge in [-0.25, -0.2) is 0 Å². The molecule has 0 spiro atoms. The third kappa shape index (κ3) is 3.59. The van der Waals surface area contributed by atoms with Crippen LogP contribution in [0.25, 0.3) is 0 Å². The number of hydrogen-bond donors (Lipinski definition) is 1. The zero-order valence-electron chi connectivity index (χ0n) is 10.5. The predicted molar refractivity (Wildman–Crippen MR) is 75.2 cm³/mol. The molecule has 3 heteroatoms. The fourth-order valence-electron chi connectivity index (χ4n) is 1.77. The van der Waals surface area contributed by atoms with Crippen LogP contribution < -0.4 is 4.74 Å². The summed E-state index contributed by atoms with van der Waals surface area (Å²) in [5.74, 6) is 0.833. The van der Waals surface area contributed by atoms with Crippen LogP contribution in [0.5, 0.6) is 5.75 Å². The largest absolute Gasteiger partial charge is 0.494 e. The number of hydrogen-bond acceptors (Lipinski definition) is 3. The van der Waals surface area contributed by atoms with Crippen molar-refractivity contribution in [3.05, 3.63) is 52.2 Å². The van der Waals surface area contributed by atoms with Crippen LogP contribution in [0.3, 0.4) is 0 Å². The van der Waals surface area contributed by atoms with Crippen LogP contribution in [0.4, 0.5) is 0 Å². The third-order valence-corrected chi connectivity index (χ3v) is 3.59. The first-order valence-corrected chi connectivity index (χ1v) is 7.10. The zero-order valence-corrected chi connectivity index (χ0v) is 11.3. The standard InChI is InChI=1S/C15H18O2S/c1-2-8-17-13-6-3-5-12(10-13)15(16)11-14-7-4-9-18-14/h3-7,9-10,15-16H,2,8,11H2,1H3. The molecule has 0 fully saturated rings. The van der Waals surface area contributed by atoms with Crippen molar-refractivity contribution < 1.29 is 9.84 Å². The topological polar surface area (TPSA) is 29.5 Å². The lowest BCUT2D eigenvalue weighted by molar-refractivity contribution is 0.179. The molecule has 96 valence electrons. The van der Waals surface area contributed by atoms with E-state index in [1.54, 1.807) is 11.3 Å². The Balaban J connectivity index is 2.03. The number of benzene rings is 1. The highest BCUT2D eigenvalue weighted by Crippen LogP contribution is 2.24. The number of thiophene rings is 1. The summed E-state index contributed by atoms with van der Waals surface area (Å²) in [5, 5.41) is 12.2. The van der Waals surface area contributed by atoms with E-state index in [4.69, 9.17) is 4.74 Å². The number of ether oxygens (including phenoxy) is 1. The molecule has 0 bridgehead atoms. The Labute approximate surface area is 112 Å². The van der Waals surface area contributed by atoms with Crippen LogP contribution in [-0.4, -0.2) is 11.7 Å². The summed E-state index contributed by atoms with van der Waals surface area (Å²) >= 11 is 1.67. The molecule has 0 aliphatic heterocycles. The molecule has 0 aliphatic carbocycles. The lowest BCUT2D eigenvalue weighted by Gasteiger charge is -2.12. The van der Waals surface area contributed by atoms with Gasteiger partial charge < -0.3 is 9.84 Å². The second-order valence-electron chi connectivity index (χ2n) is 4.22. The van der Waals surface area contributed by atoms with Crippen LogP contribution in [-0.2, 0) is 6.42 Å². The van der Waals surface area contributed by atoms with Crippen molar-refractivity contribution in [1.29, 1.82) is 0 Å². The van der Waals surface area contributed by atoms with Gasteiger partial charge in [0, 0.05) is 11.3 Å². The average molecular weight is 262 g/mol. The van der Waals surface area contributed by atoms with Gasteiger partial charge in [0.25, 0.3) is 0 Å². The second kappa shape index (κ2) is 6.57. The Morgan fingerprint density at radius 1 is 1.28 bits per heavy atom. The third-order valence-electron chi connectivity index (χ3n) is 2.69. The SMILES string of the molecule is CCCOc1cccc(C(O)Cc2cccs2)c1. The highest BCUT2D eigenvalue weighted by molar-refractivity contribution is 7.09. The monoisotopic (exact) mass is 262 g/mol. The summed E-state index contributed by atoms with van der Waals surface area (Å²) in [7, 11) is 0. The van der Waals surface area contributed by atoms with Crippen molar-refractivity contribution in [2.45, 2.75) is 25.9 Å². The summed E-state index contributed by atoms with van der Waals surface area (Å²) in [6.07, 6.45) is 1.19. The maximum Gasteiger partial charge on any atom is 0.119 e. The van der Waals surface area contributed by atoms with Crippen molar-refractivity contribution in [3.63, 3.8) is 0 Å². The Morgan fingerprint density at radius 3 is 2.89 bits per heavy atom. The van der Waals surface area contributed by atoms with E-state index in [0.29, 0.717) is 13.0 Å². The zero-order chi connectivity index (χ0) is 12.8. The molecule has 1 unspecified atom stereocenters. The molecule has 0 saturated carbocycles. The first-order valence-electron chi connectivity index (χ1n) is 6.23. The molecule has 1 N–H and O–H groups in total. The van der Waals surface area contributed by atoms with Gasteiger partial charge in [0.15, 0.2) is 0 Å². The molecule has 1 atom stereocenters. The molecular formula is C15H18O2S. The number of rotatable bonds is 6. The molecule has 2 aromatic rings. The fraction of sp³-hybridized carbons (Fsp3) is 0.333. The quantitative estimate of drug-likeness (QED) is 0.857. The van der Waals surface area contributed by atoms with Crippen molar-refractivity contribution in [2.24, 2.45) is 0 Å². The van der Waals surface area contributed by atoms with E-state index in [-0.39, 0.29) is 0 Å². The maximum atomic E-state index is 10.2. The summed E-state index contributed by atoms with van der Waals surface area (Å²) in [6.45, 7) is 2.79. The Bertz CT molecular complexity index is 465. The van der Waals surface area contributed by atoms with E-state index in [0.717, 1.165) is 17.7 Å². The highest BCUT2D eigenvalue weighted by atomic mass is 32.1. The normalized spacial score (nSPS) is 12.3. The van der Waals surface area contributed by atoms with Crippen molar-refractivity contribution in [3.8, 4) is 5.75 Å². The second-order valence-corrected chi connectivity index (χ2v) is 5.25. The van der Waals surface area contributed by atoms with Crippen LogP contribution in [0.2, 0.25) is 0 Å². The van der Waals surface area contributed by atoms with Crippen LogP contribution in [0.15, 0.2) is 41.8 Å². The molecule has 18 heavy (non-hydrogen) atoms. The molecule has 1 aromatic carbocycles. The van der Waals surface area contributed by atoms with Crippen LogP contribution in [0, 0.1) is 0 Å². The van der Waals surface area contributed by atoms with Gasteiger partial charge in [0.05, 0.1) is 12.7 Å². The van der Waals surface area contributed by atoms with Crippen LogP contribution >= 0.6 is 11.3 Å². The van der Waals surface area contributed by atoms with E-state index < -0.39 is 6.10 Å². The van der Waals surface area contributed by atoms with E-state index in [9.17, 15) is 5.11 Å². The Morgan fingerprint density at radius 2 is 2.17 bits per heavy atom. The van der Waals surface area contributed by atoms with Crippen molar-refractivity contribution in [2.75, 3.05) is 6.61 Å². The lowest BCUT2D eigenvalue weighted by Crippen LogP contribution is -2.02. The van der Waals surface area contributed by atoms with Gasteiger partial charge in [-0.05, 0) is 35.6 Å². The van der Waals surface area contributed by atoms with Gasteiger partial charge in [-0.15, -0.1) is 11.3 Å². The smallest absolute Gasteiger partial charge is 0.119 e. The van der Waals surface area contributed by atoms with E-state index in [1.165, 1.54) is 4.88 Å². The molecule has 0 saturated heterocycles. The molecule has 0 amide bonds. The molecule has 0 aliphatic rings. The fourth-order valence-corrected chi connectivity index (χ4v) is 2.51. The molecule has 0 radical (unpaired) electrons. The maximum absolute atomic E-state index is 10.2. The first-order chi connectivity index (χ1) is 8.79. The summed E-state index contributed by atoms with van der Waals surface area (Å²) in [5.41, 5.74) is 0.914. The van der Waals surface area contributed by atoms with E-state index in [1.807, 2.05) is 41.8 Å². The number of aliphatic hydroxyl groups is 1. The van der Waals surface area contributed by atoms with Crippen molar-refractivity contribution in [1.82, 2.24) is 0 Å². The van der Waals surface area contributed by atoms with Gasteiger partial charge in [0.1, 0.15) is 5.75 Å². The first kappa shape index (κ1) is 13.1. The minimum absolute atomic E-state index is 0.464. The minimum Gasteiger partial charge on any atom is -0.494 e. The molecule has 2 rings (SSSR count). The lowest BCUT2D eigenvalue weighted by atomic mass is 10.1. The predicted octanol–water partition coefficient (Wildman–Crippen LogP) is 3.81. The van der Waals surface area contributed by atoms with Gasteiger partial charge in [-0.2, -0.15) is 0 Å². The molecule has 1 aromatic heterocycles. The Kier molecular flexibility index (Phi) is 4.79. The van der Waals surface area contributed by atoms with Gasteiger partial charge in [-0.1, -0.05) is 25.1 Å². The molecular weight excluding hydrogens is 244 g/mol. The van der Waals surface area contributed by atoms with Gasteiger partial charge in [-0.3, -0.25) is 0 Å². The molecule has 1 heterocycles. The summed E-state index contributed by atoms with van der Waals surface area (Å²) < 4.78 is 5.57.